The van der Waals surface area contributed by atoms with Gasteiger partial charge in [0, 0.05) is 22.2 Å². The van der Waals surface area contributed by atoms with Gasteiger partial charge in [0.2, 0.25) is 0 Å². The Kier molecular flexibility index (Phi) is 8.28. The maximum Gasteiger partial charge on any atom is 0.106 e. The second kappa shape index (κ2) is 9.17. The molecule has 0 atom stereocenters. The van der Waals surface area contributed by atoms with Crippen molar-refractivity contribution in [1.82, 2.24) is 9.97 Å². The Labute approximate surface area is 138 Å². The number of halogens is 2. The van der Waals surface area contributed by atoms with Crippen molar-refractivity contribution in [2.24, 2.45) is 0 Å². The van der Waals surface area contributed by atoms with Crippen molar-refractivity contribution in [3.8, 4) is 0 Å². The van der Waals surface area contributed by atoms with E-state index in [0.717, 1.165) is 8.30 Å². The van der Waals surface area contributed by atoms with Crippen LogP contribution < -0.4 is 0 Å². The van der Waals surface area contributed by atoms with E-state index in [0.29, 0.717) is 0 Å². The van der Waals surface area contributed by atoms with Crippen molar-refractivity contribution in [2.75, 3.05) is 12.5 Å². The number of hydrogen-bond acceptors (Lipinski definition) is 4. The molecule has 0 saturated heterocycles. The van der Waals surface area contributed by atoms with Crippen LogP contribution in [-0.2, 0) is 0 Å². The monoisotopic (exact) mass is 454 g/mol. The van der Waals surface area contributed by atoms with Gasteiger partial charge in [0.15, 0.2) is 0 Å². The summed E-state index contributed by atoms with van der Waals surface area (Å²) >= 11 is 8.85. The highest BCUT2D eigenvalue weighted by Gasteiger charge is 1.88. The fourth-order valence-corrected chi connectivity index (χ4v) is 2.24. The Hall–Kier alpha value is 0.210. The Bertz CT molecular complexity index is 417. The lowest BCUT2D eigenvalue weighted by molar-refractivity contribution is 1.20. The van der Waals surface area contributed by atoms with Crippen LogP contribution in [0.5, 0.6) is 0 Å². The van der Waals surface area contributed by atoms with E-state index in [4.69, 9.17) is 0 Å². The maximum absolute atomic E-state index is 4.12. The van der Waals surface area contributed by atoms with Crippen molar-refractivity contribution >= 4 is 62.0 Å². The molecule has 0 aromatic carbocycles. The quantitative estimate of drug-likeness (QED) is 0.363. The first-order chi connectivity index (χ1) is 8.65. The zero-order valence-electron chi connectivity index (χ0n) is 9.93. The molecule has 0 aliphatic carbocycles. The van der Waals surface area contributed by atoms with Crippen molar-refractivity contribution in [3.63, 3.8) is 0 Å². The van der Waals surface area contributed by atoms with E-state index in [-0.39, 0.29) is 0 Å². The van der Waals surface area contributed by atoms with Crippen molar-refractivity contribution in [1.29, 1.82) is 0 Å². The second-order valence-corrected chi connectivity index (χ2v) is 6.72. The normalized spacial score (nSPS) is 9.56. The van der Waals surface area contributed by atoms with Crippen LogP contribution >= 0.6 is 62.0 Å². The van der Waals surface area contributed by atoms with Gasteiger partial charge in [0.05, 0.1) is 0 Å². The third-order valence-corrected chi connectivity index (χ3v) is 4.40. The van der Waals surface area contributed by atoms with Gasteiger partial charge in [-0.1, -0.05) is 0 Å². The first-order valence-corrected chi connectivity index (χ1v) is 9.29. The predicted octanol–water partition coefficient (Wildman–Crippen LogP) is 4.97. The molecule has 0 radical (unpaired) electrons. The van der Waals surface area contributed by atoms with Crippen molar-refractivity contribution in [2.45, 2.75) is 9.79 Å². The van der Waals surface area contributed by atoms with Crippen LogP contribution in [0, 0.1) is 3.70 Å². The minimum atomic E-state index is 0.889. The van der Waals surface area contributed by atoms with Gasteiger partial charge in [-0.3, -0.25) is 0 Å². The largest absolute Gasteiger partial charge is 0.249 e. The van der Waals surface area contributed by atoms with Crippen molar-refractivity contribution < 1.29 is 0 Å². The molecule has 0 fully saturated rings. The van der Waals surface area contributed by atoms with Crippen molar-refractivity contribution in [3.05, 3.63) is 45.0 Å². The summed E-state index contributed by atoms with van der Waals surface area (Å²) < 4.78 is 1.94. The first kappa shape index (κ1) is 16.3. The predicted molar refractivity (Wildman–Crippen MR) is 92.5 cm³/mol. The minimum absolute atomic E-state index is 0.889. The van der Waals surface area contributed by atoms with E-state index in [1.807, 2.05) is 43.1 Å². The Morgan fingerprint density at radius 1 is 0.944 bits per heavy atom. The molecular formula is C12H12BrIN2S2. The molecule has 18 heavy (non-hydrogen) atoms. The summed E-state index contributed by atoms with van der Waals surface area (Å²) in [6.45, 7) is 0. The van der Waals surface area contributed by atoms with Gasteiger partial charge in [-0.25, -0.2) is 9.97 Å². The van der Waals surface area contributed by atoms with Gasteiger partial charge < -0.3 is 0 Å². The van der Waals surface area contributed by atoms with E-state index in [1.165, 1.54) is 9.79 Å². The molecule has 0 bridgehead atoms. The lowest BCUT2D eigenvalue weighted by atomic mass is 10.5. The summed E-state index contributed by atoms with van der Waals surface area (Å²) in [5.74, 6) is 0. The summed E-state index contributed by atoms with van der Waals surface area (Å²) in [4.78, 5) is 10.6. The fraction of sp³-hybridized carbons (Fsp3) is 0.167. The number of hydrogen-bond donors (Lipinski definition) is 0. The van der Waals surface area contributed by atoms with E-state index < -0.39 is 0 Å². The molecule has 2 heterocycles. The van der Waals surface area contributed by atoms with Crippen LogP contribution in [0.4, 0.5) is 0 Å². The van der Waals surface area contributed by atoms with E-state index in [1.54, 1.807) is 23.5 Å². The molecule has 2 rings (SSSR count). The molecule has 96 valence electrons. The summed E-state index contributed by atoms with van der Waals surface area (Å²) in [5.41, 5.74) is 0. The van der Waals surface area contributed by atoms with Crippen LogP contribution in [0.2, 0.25) is 0 Å². The molecule has 2 aromatic heterocycles. The SMILES string of the molecule is CSc1ccc(Br)nc1.CSc1ccc(I)nc1. The number of aromatic nitrogens is 2. The molecule has 6 heteroatoms. The Morgan fingerprint density at radius 2 is 1.50 bits per heavy atom. The van der Waals surface area contributed by atoms with E-state index in [2.05, 4.69) is 54.6 Å². The zero-order chi connectivity index (χ0) is 13.4. The summed E-state index contributed by atoms with van der Waals surface area (Å²) in [6.07, 6.45) is 7.80. The smallest absolute Gasteiger partial charge is 0.106 e. The molecule has 0 unspecified atom stereocenters. The Balaban J connectivity index is 0.000000180. The average molecular weight is 455 g/mol. The summed E-state index contributed by atoms with van der Waals surface area (Å²) in [7, 11) is 0. The number of rotatable bonds is 2. The number of thioether (sulfide) groups is 2. The minimum Gasteiger partial charge on any atom is -0.249 e. The molecule has 0 aliphatic rings. The molecule has 0 saturated carbocycles. The Morgan fingerprint density at radius 3 is 1.89 bits per heavy atom. The van der Waals surface area contributed by atoms with E-state index >= 15 is 0 Å². The molecule has 0 aliphatic heterocycles. The fourth-order valence-electron chi connectivity index (χ4n) is 0.966. The van der Waals surface area contributed by atoms with E-state index in [9.17, 15) is 0 Å². The lowest BCUT2D eigenvalue weighted by Gasteiger charge is -1.92. The number of nitrogens with zero attached hydrogens (tertiary/aromatic N) is 2. The van der Waals surface area contributed by atoms with Gasteiger partial charge in [-0.2, -0.15) is 0 Å². The molecule has 0 amide bonds. The third kappa shape index (κ3) is 6.40. The number of pyridine rings is 2. The topological polar surface area (TPSA) is 25.8 Å². The van der Waals surface area contributed by atoms with Gasteiger partial charge in [-0.05, 0) is 75.3 Å². The van der Waals surface area contributed by atoms with Crippen LogP contribution in [0.25, 0.3) is 0 Å². The zero-order valence-corrected chi connectivity index (χ0v) is 15.3. The molecule has 2 nitrogen and oxygen atoms in total. The van der Waals surface area contributed by atoms with Gasteiger partial charge in [-0.15, -0.1) is 23.5 Å². The highest BCUT2D eigenvalue weighted by Crippen LogP contribution is 2.14. The van der Waals surface area contributed by atoms with Crippen LogP contribution in [-0.4, -0.2) is 22.5 Å². The van der Waals surface area contributed by atoms with Crippen LogP contribution in [0.1, 0.15) is 0 Å². The van der Waals surface area contributed by atoms with Gasteiger partial charge in [0.25, 0.3) is 0 Å². The standard InChI is InChI=1S/C6H6BrNS.C6H6INS/c2*1-9-5-2-3-6(7)8-4-5/h2*2-4H,1H3. The van der Waals surface area contributed by atoms with Crippen LogP contribution in [0.15, 0.2) is 51.1 Å². The van der Waals surface area contributed by atoms with Gasteiger partial charge in [0.1, 0.15) is 8.30 Å². The maximum atomic E-state index is 4.12. The lowest BCUT2D eigenvalue weighted by Crippen LogP contribution is -1.77. The molecule has 2 aromatic rings. The highest BCUT2D eigenvalue weighted by atomic mass is 127. The highest BCUT2D eigenvalue weighted by molar-refractivity contribution is 14.1. The molecule has 0 spiro atoms. The summed E-state index contributed by atoms with van der Waals surface area (Å²) in [5, 5.41) is 0. The van der Waals surface area contributed by atoms with Crippen LogP contribution in [0.3, 0.4) is 0 Å². The summed E-state index contributed by atoms with van der Waals surface area (Å²) in [6, 6.07) is 8.04. The van der Waals surface area contributed by atoms with Gasteiger partial charge >= 0.3 is 0 Å². The first-order valence-electron chi connectivity index (χ1n) is 4.97. The third-order valence-electron chi connectivity index (χ3n) is 1.87. The average Bonchev–Trinajstić information content (AvgIpc) is 2.41. The molecular weight excluding hydrogens is 443 g/mol. The second-order valence-electron chi connectivity index (χ2n) is 3.04. The molecule has 0 N–H and O–H groups in total.